The molecule has 2 aromatic rings. The van der Waals surface area contributed by atoms with Crippen LogP contribution >= 0.6 is 0 Å². The summed E-state index contributed by atoms with van der Waals surface area (Å²) in [4.78, 5) is 14.7. The average Bonchev–Trinajstić information content (AvgIpc) is 2.79. The summed E-state index contributed by atoms with van der Waals surface area (Å²) >= 11 is 0. The molecular weight excluding hydrogens is 408 g/mol. The van der Waals surface area contributed by atoms with Crippen LogP contribution in [0.1, 0.15) is 30.4 Å². The fraction of sp³-hybridized carbons (Fsp3) is 0.417. The predicted molar refractivity (Wildman–Crippen MR) is 121 cm³/mol. The standard InChI is InChI=1S/C24H28N4O4/c1-30-17-10-15(11-18(12-17)31-2)26-21-5-3-4-20-19(21)13-24(20)14-22(29)28(23(25)27-24)16-6-8-32-9-7-16/h3-5,10-12,16,26H,6-9,13-14H2,1-2H3,(H2,25,27)/t24-/m0/s1. The van der Waals surface area contributed by atoms with Gasteiger partial charge >= 0.3 is 0 Å². The molecule has 1 aliphatic carbocycles. The summed E-state index contributed by atoms with van der Waals surface area (Å²) in [5, 5.41) is 15.4. The lowest BCUT2D eigenvalue weighted by Gasteiger charge is -2.51. The number of fused-ring (bicyclic) bond motifs is 2. The Kier molecular flexibility index (Phi) is 5.17. The number of rotatable bonds is 5. The summed E-state index contributed by atoms with van der Waals surface area (Å²) in [7, 11) is 3.25. The number of carbonyl (C=O) groups excluding carboxylic acids is 1. The van der Waals surface area contributed by atoms with Crippen LogP contribution in [-0.4, -0.2) is 50.2 Å². The first-order chi connectivity index (χ1) is 15.5. The van der Waals surface area contributed by atoms with Crippen LogP contribution in [0.25, 0.3) is 0 Å². The highest BCUT2D eigenvalue weighted by atomic mass is 16.5. The van der Waals surface area contributed by atoms with Crippen molar-refractivity contribution in [3.63, 3.8) is 0 Å². The molecule has 2 heterocycles. The monoisotopic (exact) mass is 436 g/mol. The van der Waals surface area contributed by atoms with Gasteiger partial charge in [0.15, 0.2) is 5.96 Å². The van der Waals surface area contributed by atoms with Gasteiger partial charge in [0.2, 0.25) is 5.91 Å². The van der Waals surface area contributed by atoms with Crippen molar-refractivity contribution in [3.8, 4) is 11.5 Å². The number of nitrogens with one attached hydrogen (secondary N) is 3. The van der Waals surface area contributed by atoms with Crippen LogP contribution in [0.15, 0.2) is 36.4 Å². The lowest BCUT2D eigenvalue weighted by atomic mass is 9.67. The second-order valence-corrected chi connectivity index (χ2v) is 8.57. The number of guanidine groups is 1. The van der Waals surface area contributed by atoms with E-state index >= 15 is 0 Å². The van der Waals surface area contributed by atoms with E-state index in [4.69, 9.17) is 19.6 Å². The largest absolute Gasteiger partial charge is 0.497 e. The molecule has 5 rings (SSSR count). The second-order valence-electron chi connectivity index (χ2n) is 8.57. The predicted octanol–water partition coefficient (Wildman–Crippen LogP) is 3.13. The molecule has 32 heavy (non-hydrogen) atoms. The van der Waals surface area contributed by atoms with Crippen LogP contribution in [0.4, 0.5) is 11.4 Å². The van der Waals surface area contributed by atoms with Crippen LogP contribution in [0.3, 0.4) is 0 Å². The lowest BCUT2D eigenvalue weighted by molar-refractivity contribution is -0.134. The van der Waals surface area contributed by atoms with Crippen molar-refractivity contribution in [3.05, 3.63) is 47.5 Å². The Morgan fingerprint density at radius 1 is 1.12 bits per heavy atom. The maximum atomic E-state index is 13.1. The van der Waals surface area contributed by atoms with Crippen LogP contribution in [-0.2, 0) is 21.5 Å². The van der Waals surface area contributed by atoms with Gasteiger partial charge in [-0.05, 0) is 30.0 Å². The van der Waals surface area contributed by atoms with E-state index in [-0.39, 0.29) is 17.9 Å². The van der Waals surface area contributed by atoms with E-state index in [0.29, 0.717) is 37.6 Å². The third-order valence-corrected chi connectivity index (χ3v) is 6.68. The summed E-state index contributed by atoms with van der Waals surface area (Å²) < 4.78 is 16.2. The zero-order chi connectivity index (χ0) is 22.3. The highest BCUT2D eigenvalue weighted by Crippen LogP contribution is 2.48. The molecule has 0 saturated carbocycles. The Morgan fingerprint density at radius 3 is 2.50 bits per heavy atom. The van der Waals surface area contributed by atoms with Gasteiger partial charge in [-0.2, -0.15) is 0 Å². The molecule has 3 N–H and O–H groups in total. The molecule has 0 unspecified atom stereocenters. The number of amides is 1. The van der Waals surface area contributed by atoms with Gasteiger partial charge in [0.1, 0.15) is 11.5 Å². The normalized spacial score (nSPS) is 22.8. The van der Waals surface area contributed by atoms with E-state index in [0.717, 1.165) is 35.3 Å². The van der Waals surface area contributed by atoms with Crippen molar-refractivity contribution in [2.45, 2.75) is 37.3 Å². The minimum Gasteiger partial charge on any atom is -0.497 e. The minimum atomic E-state index is -0.505. The molecule has 2 saturated heterocycles. The number of methoxy groups -OCH3 is 2. The van der Waals surface area contributed by atoms with Crippen molar-refractivity contribution in [1.29, 1.82) is 5.41 Å². The van der Waals surface area contributed by atoms with Crippen molar-refractivity contribution in [2.75, 3.05) is 32.8 Å². The quantitative estimate of drug-likeness (QED) is 0.667. The van der Waals surface area contributed by atoms with E-state index in [1.807, 2.05) is 36.4 Å². The molecule has 1 amide bonds. The van der Waals surface area contributed by atoms with Crippen molar-refractivity contribution in [1.82, 2.24) is 10.2 Å². The van der Waals surface area contributed by atoms with Gasteiger partial charge in [-0.3, -0.25) is 15.1 Å². The highest BCUT2D eigenvalue weighted by Gasteiger charge is 2.51. The summed E-state index contributed by atoms with van der Waals surface area (Å²) in [6.45, 7) is 1.28. The van der Waals surface area contributed by atoms with Gasteiger partial charge < -0.3 is 24.8 Å². The first-order valence-corrected chi connectivity index (χ1v) is 10.9. The second kappa shape index (κ2) is 8.02. The molecule has 1 atom stereocenters. The molecule has 3 aliphatic rings. The first kappa shape index (κ1) is 20.6. The molecule has 0 bridgehead atoms. The Balaban J connectivity index is 1.38. The SMILES string of the molecule is COc1cc(Nc2cccc3c2C[C@]32CC(=O)N(C3CCOCC3)C(=N)N2)cc(OC)c1. The molecule has 2 aromatic carbocycles. The van der Waals surface area contributed by atoms with Gasteiger partial charge in [0.25, 0.3) is 0 Å². The van der Waals surface area contributed by atoms with Gasteiger partial charge in [-0.15, -0.1) is 0 Å². The van der Waals surface area contributed by atoms with Gasteiger partial charge in [-0.1, -0.05) is 12.1 Å². The van der Waals surface area contributed by atoms with Crippen LogP contribution < -0.4 is 20.1 Å². The van der Waals surface area contributed by atoms with Crippen molar-refractivity contribution < 1.29 is 19.0 Å². The van der Waals surface area contributed by atoms with Gasteiger partial charge in [-0.25, -0.2) is 0 Å². The number of hydrogen-bond donors (Lipinski definition) is 3. The Morgan fingerprint density at radius 2 is 1.84 bits per heavy atom. The third kappa shape index (κ3) is 3.44. The lowest BCUT2D eigenvalue weighted by Crippen LogP contribution is -2.66. The Hall–Kier alpha value is -3.26. The third-order valence-electron chi connectivity index (χ3n) is 6.68. The van der Waals surface area contributed by atoms with E-state index in [9.17, 15) is 4.79 Å². The van der Waals surface area contributed by atoms with E-state index in [1.165, 1.54) is 0 Å². The zero-order valence-corrected chi connectivity index (χ0v) is 18.4. The number of hydrogen-bond acceptors (Lipinski definition) is 6. The molecule has 2 aliphatic heterocycles. The Bertz CT molecular complexity index is 1020. The van der Waals surface area contributed by atoms with Gasteiger partial charge in [0, 0.05) is 55.3 Å². The summed E-state index contributed by atoms with van der Waals surface area (Å²) in [5.41, 5.74) is 3.57. The van der Waals surface area contributed by atoms with E-state index in [1.54, 1.807) is 19.1 Å². The molecule has 0 aromatic heterocycles. The number of nitrogens with zero attached hydrogens (tertiary/aromatic N) is 1. The maximum Gasteiger partial charge on any atom is 0.232 e. The molecule has 2 fully saturated rings. The minimum absolute atomic E-state index is 0.0159. The summed E-state index contributed by atoms with van der Waals surface area (Å²) in [6.07, 6.45) is 2.59. The number of anilines is 2. The maximum absolute atomic E-state index is 13.1. The van der Waals surface area contributed by atoms with Crippen molar-refractivity contribution >= 4 is 23.2 Å². The fourth-order valence-electron chi connectivity index (χ4n) is 5.07. The average molecular weight is 437 g/mol. The topological polar surface area (TPSA) is 95.9 Å². The smallest absolute Gasteiger partial charge is 0.232 e. The van der Waals surface area contributed by atoms with Gasteiger partial charge in [0.05, 0.1) is 26.2 Å². The molecular formula is C24H28N4O4. The zero-order valence-electron chi connectivity index (χ0n) is 18.4. The molecule has 8 nitrogen and oxygen atoms in total. The van der Waals surface area contributed by atoms with Crippen LogP contribution in [0.2, 0.25) is 0 Å². The van der Waals surface area contributed by atoms with Crippen LogP contribution in [0.5, 0.6) is 11.5 Å². The van der Waals surface area contributed by atoms with Crippen LogP contribution in [0, 0.1) is 5.41 Å². The molecule has 1 spiro atoms. The van der Waals surface area contributed by atoms with E-state index in [2.05, 4.69) is 10.6 Å². The van der Waals surface area contributed by atoms with E-state index < -0.39 is 5.54 Å². The highest BCUT2D eigenvalue weighted by molar-refractivity contribution is 6.00. The molecule has 168 valence electrons. The summed E-state index contributed by atoms with van der Waals surface area (Å²) in [5.74, 6) is 1.63. The summed E-state index contributed by atoms with van der Waals surface area (Å²) in [6, 6.07) is 11.8. The fourth-order valence-corrected chi connectivity index (χ4v) is 5.07. The van der Waals surface area contributed by atoms with Crippen molar-refractivity contribution in [2.24, 2.45) is 0 Å². The molecule has 0 radical (unpaired) electrons. The number of carbonyl (C=O) groups is 1. The molecule has 8 heteroatoms. The number of benzene rings is 2. The Labute approximate surface area is 187 Å². The number of ether oxygens (including phenoxy) is 3. The first-order valence-electron chi connectivity index (χ1n) is 10.9.